The van der Waals surface area contributed by atoms with E-state index in [0.29, 0.717) is 42.4 Å². The predicted molar refractivity (Wildman–Crippen MR) is 103 cm³/mol. The monoisotopic (exact) mass is 403 g/mol. The van der Waals surface area contributed by atoms with Crippen molar-refractivity contribution < 1.29 is 17.9 Å². The number of sulfonamides is 1. The molecule has 0 radical (unpaired) electrons. The van der Waals surface area contributed by atoms with Crippen molar-refractivity contribution in [3.05, 3.63) is 22.7 Å². The Balaban J connectivity index is 1.98. The van der Waals surface area contributed by atoms with E-state index in [2.05, 4.69) is 10.0 Å². The number of amides is 1. The minimum atomic E-state index is -3.21. The van der Waals surface area contributed by atoms with Gasteiger partial charge in [-0.25, -0.2) is 13.1 Å². The summed E-state index contributed by atoms with van der Waals surface area (Å²) in [6.07, 6.45) is 2.51. The summed E-state index contributed by atoms with van der Waals surface area (Å²) in [5.41, 5.74) is 1.43. The van der Waals surface area contributed by atoms with Gasteiger partial charge in [-0.05, 0) is 38.3 Å². The summed E-state index contributed by atoms with van der Waals surface area (Å²) in [5, 5.41) is 3.48. The number of aryl methyl sites for hydroxylation is 1. The van der Waals surface area contributed by atoms with Crippen molar-refractivity contribution in [2.75, 3.05) is 31.8 Å². The van der Waals surface area contributed by atoms with Crippen LogP contribution >= 0.6 is 11.6 Å². The van der Waals surface area contributed by atoms with E-state index in [1.54, 1.807) is 12.1 Å². The Morgan fingerprint density at radius 3 is 2.50 bits per heavy atom. The molecule has 1 amide bonds. The Morgan fingerprint density at radius 1 is 1.35 bits per heavy atom. The first kappa shape index (κ1) is 21.0. The second-order valence-electron chi connectivity index (χ2n) is 6.67. The van der Waals surface area contributed by atoms with Gasteiger partial charge in [0.15, 0.2) is 0 Å². The number of carbonyl (C=O) groups excluding carboxylic acids is 1. The molecule has 26 heavy (non-hydrogen) atoms. The van der Waals surface area contributed by atoms with E-state index in [1.807, 2.05) is 18.7 Å². The van der Waals surface area contributed by atoms with Gasteiger partial charge >= 0.3 is 0 Å². The largest absolute Gasteiger partial charge is 0.495 e. The van der Waals surface area contributed by atoms with Crippen LogP contribution < -0.4 is 14.8 Å². The van der Waals surface area contributed by atoms with E-state index in [4.69, 9.17) is 16.3 Å². The highest BCUT2D eigenvalue weighted by atomic mass is 35.5. The van der Waals surface area contributed by atoms with E-state index in [-0.39, 0.29) is 18.0 Å². The van der Waals surface area contributed by atoms with E-state index in [9.17, 15) is 13.2 Å². The third-order valence-corrected chi connectivity index (χ3v) is 5.74. The molecular weight excluding hydrogens is 378 g/mol. The van der Waals surface area contributed by atoms with Gasteiger partial charge in [-0.1, -0.05) is 11.6 Å². The van der Waals surface area contributed by atoms with Crippen LogP contribution in [-0.4, -0.2) is 57.8 Å². The van der Waals surface area contributed by atoms with Crippen LogP contribution in [0.3, 0.4) is 0 Å². The summed E-state index contributed by atoms with van der Waals surface area (Å²) in [5.74, 6) is 0.372. The number of halogens is 1. The molecule has 1 aromatic rings. The molecule has 2 N–H and O–H groups in total. The van der Waals surface area contributed by atoms with E-state index >= 15 is 0 Å². The number of hydrogen-bond acceptors (Lipinski definition) is 5. The quantitative estimate of drug-likeness (QED) is 0.758. The lowest BCUT2D eigenvalue weighted by Gasteiger charge is -2.35. The Kier molecular flexibility index (Phi) is 6.90. The maximum atomic E-state index is 12.6. The fourth-order valence-electron chi connectivity index (χ4n) is 3.04. The molecule has 0 spiro atoms. The van der Waals surface area contributed by atoms with Gasteiger partial charge in [-0.3, -0.25) is 9.69 Å². The number of ether oxygens (including phenoxy) is 1. The first-order valence-corrected chi connectivity index (χ1v) is 10.7. The number of hydrogen-bond donors (Lipinski definition) is 2. The Hall–Kier alpha value is -1.35. The zero-order valence-electron chi connectivity index (χ0n) is 15.5. The Labute approximate surface area is 160 Å². The summed E-state index contributed by atoms with van der Waals surface area (Å²) in [6.45, 7) is 5.01. The maximum Gasteiger partial charge on any atom is 0.241 e. The molecular formula is C17H26ClN3O4S. The van der Waals surface area contributed by atoms with Crippen LogP contribution in [0.4, 0.5) is 5.69 Å². The lowest BCUT2D eigenvalue weighted by atomic mass is 10.0. The normalized spacial score (nSPS) is 17.7. The first-order chi connectivity index (χ1) is 12.1. The van der Waals surface area contributed by atoms with Gasteiger partial charge in [-0.2, -0.15) is 0 Å². The fourth-order valence-corrected chi connectivity index (χ4v) is 4.04. The molecule has 1 aliphatic heterocycles. The van der Waals surface area contributed by atoms with Crippen LogP contribution in [0.2, 0.25) is 5.02 Å². The fraction of sp³-hybridized carbons (Fsp3) is 0.588. The number of nitrogens with one attached hydrogen (secondary N) is 2. The standard InChI is InChI=1S/C17H26ClN3O4S/c1-11-9-15(16(25-3)10-14(11)18)19-17(22)12(2)21-7-5-13(6-8-21)20-26(4,23)24/h9-10,12-13,20H,5-8H2,1-4H3,(H,19,22). The summed E-state index contributed by atoms with van der Waals surface area (Å²) in [4.78, 5) is 14.7. The Morgan fingerprint density at radius 2 is 1.96 bits per heavy atom. The molecule has 0 aromatic heterocycles. The number of carbonyl (C=O) groups is 1. The summed E-state index contributed by atoms with van der Waals surface area (Å²) < 4.78 is 30.6. The van der Waals surface area contributed by atoms with Gasteiger partial charge in [0.25, 0.3) is 0 Å². The minimum absolute atomic E-state index is 0.0736. The second kappa shape index (κ2) is 8.56. The third kappa shape index (κ3) is 5.57. The lowest BCUT2D eigenvalue weighted by molar-refractivity contribution is -0.121. The van der Waals surface area contributed by atoms with Crippen molar-refractivity contribution in [3.63, 3.8) is 0 Å². The van der Waals surface area contributed by atoms with Crippen LogP contribution in [0.15, 0.2) is 12.1 Å². The van der Waals surface area contributed by atoms with E-state index < -0.39 is 10.0 Å². The SMILES string of the molecule is COc1cc(Cl)c(C)cc1NC(=O)C(C)N1CCC(NS(C)(=O)=O)CC1. The molecule has 1 aliphatic rings. The zero-order valence-corrected chi connectivity index (χ0v) is 17.1. The van der Waals surface area contributed by atoms with E-state index in [1.165, 1.54) is 7.11 Å². The van der Waals surface area contributed by atoms with Crippen molar-refractivity contribution in [1.82, 2.24) is 9.62 Å². The molecule has 1 atom stereocenters. The zero-order chi connectivity index (χ0) is 19.5. The van der Waals surface area contributed by atoms with Gasteiger partial charge in [0.1, 0.15) is 5.75 Å². The molecule has 1 fully saturated rings. The van der Waals surface area contributed by atoms with Gasteiger partial charge < -0.3 is 10.1 Å². The molecule has 0 saturated carbocycles. The lowest BCUT2D eigenvalue weighted by Crippen LogP contribution is -2.50. The molecule has 7 nitrogen and oxygen atoms in total. The van der Waals surface area contributed by atoms with Crippen LogP contribution in [0, 0.1) is 6.92 Å². The van der Waals surface area contributed by atoms with Crippen molar-refractivity contribution in [2.45, 2.75) is 38.8 Å². The number of methoxy groups -OCH3 is 1. The summed E-state index contributed by atoms with van der Waals surface area (Å²) in [6, 6.07) is 3.05. The smallest absolute Gasteiger partial charge is 0.241 e. The van der Waals surface area contributed by atoms with Crippen molar-refractivity contribution in [3.8, 4) is 5.75 Å². The average molecular weight is 404 g/mol. The van der Waals surface area contributed by atoms with Crippen LogP contribution in [-0.2, 0) is 14.8 Å². The highest BCUT2D eigenvalue weighted by Crippen LogP contribution is 2.31. The molecule has 1 saturated heterocycles. The predicted octanol–water partition coefficient (Wildman–Crippen LogP) is 2.00. The highest BCUT2D eigenvalue weighted by molar-refractivity contribution is 7.88. The molecule has 9 heteroatoms. The van der Waals surface area contributed by atoms with Crippen molar-refractivity contribution >= 4 is 33.2 Å². The van der Waals surface area contributed by atoms with Crippen molar-refractivity contribution in [1.29, 1.82) is 0 Å². The van der Waals surface area contributed by atoms with E-state index in [0.717, 1.165) is 11.8 Å². The van der Waals surface area contributed by atoms with Crippen LogP contribution in [0.1, 0.15) is 25.3 Å². The number of likely N-dealkylation sites (tertiary alicyclic amines) is 1. The van der Waals surface area contributed by atoms with Gasteiger partial charge in [-0.15, -0.1) is 0 Å². The highest BCUT2D eigenvalue weighted by Gasteiger charge is 2.28. The van der Waals surface area contributed by atoms with Gasteiger partial charge in [0, 0.05) is 30.2 Å². The van der Waals surface area contributed by atoms with Crippen LogP contribution in [0.5, 0.6) is 5.75 Å². The minimum Gasteiger partial charge on any atom is -0.495 e. The number of benzene rings is 1. The Bertz CT molecular complexity index is 762. The van der Waals surface area contributed by atoms with Gasteiger partial charge in [0.05, 0.1) is 25.1 Å². The maximum absolute atomic E-state index is 12.6. The summed E-state index contributed by atoms with van der Waals surface area (Å²) in [7, 11) is -1.68. The van der Waals surface area contributed by atoms with Crippen molar-refractivity contribution in [2.24, 2.45) is 0 Å². The molecule has 0 aliphatic carbocycles. The number of piperidine rings is 1. The molecule has 2 rings (SSSR count). The molecule has 0 bridgehead atoms. The first-order valence-electron chi connectivity index (χ1n) is 8.47. The summed E-state index contributed by atoms with van der Waals surface area (Å²) >= 11 is 6.10. The topological polar surface area (TPSA) is 87.7 Å². The molecule has 1 heterocycles. The third-order valence-electron chi connectivity index (χ3n) is 4.58. The molecule has 146 valence electrons. The van der Waals surface area contributed by atoms with Gasteiger partial charge in [0.2, 0.25) is 15.9 Å². The second-order valence-corrected chi connectivity index (χ2v) is 8.85. The average Bonchev–Trinajstić information content (AvgIpc) is 2.56. The molecule has 1 unspecified atom stereocenters. The number of anilines is 1. The van der Waals surface area contributed by atoms with Crippen LogP contribution in [0.25, 0.3) is 0 Å². The number of rotatable bonds is 6. The number of nitrogens with zero attached hydrogens (tertiary/aromatic N) is 1. The molecule has 1 aromatic carbocycles.